The maximum atomic E-state index is 2.68. The standard InChI is InChI=1S/C13H21NS/c1-11(2)9-14-7-4-3-5-13(14)12-6-8-15-10-12/h6,8,10-11,13H,3-5,7,9H2,1-2H3/t13-/m0/s1. The van der Waals surface area contributed by atoms with Crippen LogP contribution in [0.5, 0.6) is 0 Å². The van der Waals surface area contributed by atoms with E-state index in [0.29, 0.717) is 6.04 Å². The molecule has 0 amide bonds. The number of hydrogen-bond acceptors (Lipinski definition) is 2. The molecule has 0 aliphatic carbocycles. The second-order valence-electron chi connectivity index (χ2n) is 4.96. The van der Waals surface area contributed by atoms with Crippen LogP contribution in [0.15, 0.2) is 16.8 Å². The summed E-state index contributed by atoms with van der Waals surface area (Å²) in [6.45, 7) is 7.18. The van der Waals surface area contributed by atoms with Crippen LogP contribution in [0.4, 0.5) is 0 Å². The number of piperidine rings is 1. The van der Waals surface area contributed by atoms with Crippen molar-refractivity contribution in [2.24, 2.45) is 5.92 Å². The Morgan fingerprint density at radius 3 is 3.00 bits per heavy atom. The van der Waals surface area contributed by atoms with Crippen LogP contribution in [0.1, 0.15) is 44.7 Å². The van der Waals surface area contributed by atoms with Crippen LogP contribution in [0.3, 0.4) is 0 Å². The molecule has 1 aromatic heterocycles. The third-order valence-corrected chi connectivity index (χ3v) is 3.84. The van der Waals surface area contributed by atoms with E-state index < -0.39 is 0 Å². The minimum atomic E-state index is 0.701. The third kappa shape index (κ3) is 2.82. The van der Waals surface area contributed by atoms with Gasteiger partial charge in [-0.25, -0.2) is 0 Å². The molecule has 0 N–H and O–H groups in total. The highest BCUT2D eigenvalue weighted by atomic mass is 32.1. The molecule has 1 nitrogen and oxygen atoms in total. The van der Waals surface area contributed by atoms with E-state index in [4.69, 9.17) is 0 Å². The predicted molar refractivity (Wildman–Crippen MR) is 67.3 cm³/mol. The van der Waals surface area contributed by atoms with Crippen molar-refractivity contribution in [2.45, 2.75) is 39.2 Å². The molecule has 1 aliphatic heterocycles. The van der Waals surface area contributed by atoms with E-state index >= 15 is 0 Å². The van der Waals surface area contributed by atoms with E-state index in [-0.39, 0.29) is 0 Å². The lowest BCUT2D eigenvalue weighted by Gasteiger charge is -2.36. The van der Waals surface area contributed by atoms with Gasteiger partial charge < -0.3 is 0 Å². The molecule has 0 unspecified atom stereocenters. The summed E-state index contributed by atoms with van der Waals surface area (Å²) in [7, 11) is 0. The smallest absolute Gasteiger partial charge is 0.0356 e. The van der Waals surface area contributed by atoms with E-state index in [1.807, 2.05) is 11.3 Å². The largest absolute Gasteiger partial charge is 0.296 e. The number of hydrogen-bond donors (Lipinski definition) is 0. The summed E-state index contributed by atoms with van der Waals surface area (Å²) in [5, 5.41) is 4.53. The Bertz CT molecular complexity index is 279. The van der Waals surface area contributed by atoms with Crippen LogP contribution in [0, 0.1) is 5.92 Å². The maximum absolute atomic E-state index is 2.68. The molecule has 1 aliphatic rings. The topological polar surface area (TPSA) is 3.24 Å². The molecule has 0 aromatic carbocycles. The fourth-order valence-electron chi connectivity index (χ4n) is 2.52. The Balaban J connectivity index is 2.06. The fraction of sp³-hybridized carbons (Fsp3) is 0.692. The maximum Gasteiger partial charge on any atom is 0.0356 e. The fourth-order valence-corrected chi connectivity index (χ4v) is 3.23. The van der Waals surface area contributed by atoms with Gasteiger partial charge in [0.2, 0.25) is 0 Å². The minimum absolute atomic E-state index is 0.701. The van der Waals surface area contributed by atoms with Crippen molar-refractivity contribution >= 4 is 11.3 Å². The number of thiophene rings is 1. The number of likely N-dealkylation sites (tertiary alicyclic amines) is 1. The van der Waals surface area contributed by atoms with Crippen LogP contribution in [-0.2, 0) is 0 Å². The van der Waals surface area contributed by atoms with Crippen LogP contribution in [0.25, 0.3) is 0 Å². The second-order valence-corrected chi connectivity index (χ2v) is 5.74. The molecule has 0 bridgehead atoms. The Morgan fingerprint density at radius 2 is 2.33 bits per heavy atom. The average molecular weight is 223 g/mol. The molecule has 2 rings (SSSR count). The van der Waals surface area contributed by atoms with E-state index in [0.717, 1.165) is 5.92 Å². The van der Waals surface area contributed by atoms with Crippen molar-refractivity contribution in [3.05, 3.63) is 22.4 Å². The highest BCUT2D eigenvalue weighted by Crippen LogP contribution is 2.32. The van der Waals surface area contributed by atoms with Crippen LogP contribution in [0.2, 0.25) is 0 Å². The van der Waals surface area contributed by atoms with Gasteiger partial charge in [-0.2, -0.15) is 11.3 Å². The van der Waals surface area contributed by atoms with Gasteiger partial charge in [0.05, 0.1) is 0 Å². The lowest BCUT2D eigenvalue weighted by molar-refractivity contribution is 0.132. The van der Waals surface area contributed by atoms with E-state index in [2.05, 4.69) is 35.6 Å². The molecule has 0 saturated carbocycles. The summed E-state index contributed by atoms with van der Waals surface area (Å²) >= 11 is 1.83. The normalized spacial score (nSPS) is 23.5. The molecule has 1 fully saturated rings. The summed E-state index contributed by atoms with van der Waals surface area (Å²) in [5.74, 6) is 0.782. The van der Waals surface area contributed by atoms with E-state index in [1.54, 1.807) is 5.56 Å². The second kappa shape index (κ2) is 5.13. The van der Waals surface area contributed by atoms with Crippen LogP contribution in [-0.4, -0.2) is 18.0 Å². The van der Waals surface area contributed by atoms with Crippen molar-refractivity contribution in [2.75, 3.05) is 13.1 Å². The molecule has 84 valence electrons. The van der Waals surface area contributed by atoms with Gasteiger partial charge in [-0.15, -0.1) is 0 Å². The Labute approximate surface area is 97.1 Å². The van der Waals surface area contributed by atoms with Gasteiger partial charge in [0.15, 0.2) is 0 Å². The van der Waals surface area contributed by atoms with Gasteiger partial charge >= 0.3 is 0 Å². The summed E-state index contributed by atoms with van der Waals surface area (Å²) in [5.41, 5.74) is 1.54. The zero-order valence-electron chi connectivity index (χ0n) is 9.78. The van der Waals surface area contributed by atoms with Gasteiger partial charge in [-0.05, 0) is 47.7 Å². The van der Waals surface area contributed by atoms with Crippen molar-refractivity contribution in [3.63, 3.8) is 0 Å². The molecule has 1 saturated heterocycles. The summed E-state index contributed by atoms with van der Waals surface area (Å²) in [4.78, 5) is 2.68. The molecule has 2 heterocycles. The molecule has 1 atom stereocenters. The zero-order chi connectivity index (χ0) is 10.7. The average Bonchev–Trinajstić information content (AvgIpc) is 2.70. The monoisotopic (exact) mass is 223 g/mol. The lowest BCUT2D eigenvalue weighted by atomic mass is 9.96. The Kier molecular flexibility index (Phi) is 3.81. The number of rotatable bonds is 3. The van der Waals surface area contributed by atoms with Crippen LogP contribution < -0.4 is 0 Å². The molecule has 0 radical (unpaired) electrons. The summed E-state index contributed by atoms with van der Waals surface area (Å²) in [6, 6.07) is 3.00. The molecule has 0 spiro atoms. The van der Waals surface area contributed by atoms with Crippen molar-refractivity contribution < 1.29 is 0 Å². The number of nitrogens with zero attached hydrogens (tertiary/aromatic N) is 1. The first-order valence-corrected chi connectivity index (χ1v) is 6.98. The summed E-state index contributed by atoms with van der Waals surface area (Å²) < 4.78 is 0. The first-order chi connectivity index (χ1) is 7.27. The Hall–Kier alpha value is -0.340. The van der Waals surface area contributed by atoms with Gasteiger partial charge in [0.1, 0.15) is 0 Å². The van der Waals surface area contributed by atoms with Gasteiger partial charge in [0, 0.05) is 12.6 Å². The first-order valence-electron chi connectivity index (χ1n) is 6.03. The van der Waals surface area contributed by atoms with E-state index in [9.17, 15) is 0 Å². The molecule has 15 heavy (non-hydrogen) atoms. The van der Waals surface area contributed by atoms with Crippen molar-refractivity contribution in [1.29, 1.82) is 0 Å². The third-order valence-electron chi connectivity index (χ3n) is 3.14. The molecular weight excluding hydrogens is 202 g/mol. The quantitative estimate of drug-likeness (QED) is 0.750. The highest BCUT2D eigenvalue weighted by molar-refractivity contribution is 7.07. The summed E-state index contributed by atoms with van der Waals surface area (Å²) in [6.07, 6.45) is 4.13. The van der Waals surface area contributed by atoms with Gasteiger partial charge in [-0.1, -0.05) is 20.3 Å². The first kappa shape index (κ1) is 11.2. The predicted octanol–water partition coefficient (Wildman–Crippen LogP) is 3.93. The van der Waals surface area contributed by atoms with Crippen molar-refractivity contribution in [3.8, 4) is 0 Å². The van der Waals surface area contributed by atoms with Gasteiger partial charge in [-0.3, -0.25) is 4.90 Å². The zero-order valence-corrected chi connectivity index (χ0v) is 10.6. The molecule has 1 aromatic rings. The highest BCUT2D eigenvalue weighted by Gasteiger charge is 2.24. The molecule has 2 heteroatoms. The lowest BCUT2D eigenvalue weighted by Crippen LogP contribution is -2.35. The van der Waals surface area contributed by atoms with E-state index in [1.165, 1.54) is 32.4 Å². The SMILES string of the molecule is CC(C)CN1CCCC[C@H]1c1ccsc1. The van der Waals surface area contributed by atoms with Crippen molar-refractivity contribution in [1.82, 2.24) is 4.90 Å². The van der Waals surface area contributed by atoms with Gasteiger partial charge in [0.25, 0.3) is 0 Å². The molecular formula is C13H21NS. The minimum Gasteiger partial charge on any atom is -0.296 e. The van der Waals surface area contributed by atoms with Crippen LogP contribution >= 0.6 is 11.3 Å². The Morgan fingerprint density at radius 1 is 1.47 bits per heavy atom.